The summed E-state index contributed by atoms with van der Waals surface area (Å²) >= 11 is 0. The minimum absolute atomic E-state index is 0.0258. The zero-order valence-electron chi connectivity index (χ0n) is 17.8. The van der Waals surface area contributed by atoms with Crippen molar-refractivity contribution in [1.29, 1.82) is 0 Å². The van der Waals surface area contributed by atoms with Crippen molar-refractivity contribution in [2.75, 3.05) is 27.9 Å². The largest absolute Gasteiger partial charge is 0.497 e. The van der Waals surface area contributed by atoms with Crippen LogP contribution in [-0.2, 0) is 6.54 Å². The van der Waals surface area contributed by atoms with Crippen LogP contribution in [0.25, 0.3) is 0 Å². The minimum atomic E-state index is -0.0883. The average Bonchev–Trinajstić information content (AvgIpc) is 2.76. The molecule has 0 bridgehead atoms. The highest BCUT2D eigenvalue weighted by atomic mass is 16.5. The highest BCUT2D eigenvalue weighted by Crippen LogP contribution is 2.24. The normalized spacial score (nSPS) is 17.6. The zero-order valence-corrected chi connectivity index (χ0v) is 17.8. The summed E-state index contributed by atoms with van der Waals surface area (Å²) in [6, 6.07) is 5.57. The lowest BCUT2D eigenvalue weighted by atomic mass is 10.1. The number of aliphatic hydroxyl groups excluding tert-OH is 1. The molecule has 0 spiro atoms. The quantitative estimate of drug-likeness (QED) is 0.621. The minimum Gasteiger partial charge on any atom is -0.497 e. The van der Waals surface area contributed by atoms with Gasteiger partial charge in [-0.05, 0) is 25.5 Å². The van der Waals surface area contributed by atoms with Crippen LogP contribution >= 0.6 is 0 Å². The van der Waals surface area contributed by atoms with E-state index in [-0.39, 0.29) is 12.6 Å². The summed E-state index contributed by atoms with van der Waals surface area (Å²) in [7, 11) is 4.96. The number of nitrogens with zero attached hydrogens (tertiary/aromatic N) is 3. The van der Waals surface area contributed by atoms with Crippen molar-refractivity contribution in [1.82, 2.24) is 10.6 Å². The topological polar surface area (TPSA) is 99.8 Å². The first-order valence-corrected chi connectivity index (χ1v) is 9.73. The lowest BCUT2D eigenvalue weighted by Gasteiger charge is -2.23. The standard InChI is InChI=1S/C21H31N5O3/c1-6-8-15(13-27)24-20-19(22-3)17(7-2)25-21(26-20)23-12-14-9-10-16(28-4)11-18(14)29-5/h7,9-11,15,27H,6,8,12-13H2,1-5H3,(H2,23,24,25,26)/b17-7-,22-19+/t15-/m0/s1. The third-order valence-corrected chi connectivity index (χ3v) is 4.54. The zero-order chi connectivity index (χ0) is 21.2. The summed E-state index contributed by atoms with van der Waals surface area (Å²) in [6.07, 6.45) is 3.68. The van der Waals surface area contributed by atoms with Crippen LogP contribution in [-0.4, -0.2) is 56.5 Å². The molecule has 0 aliphatic carbocycles. The molecule has 8 nitrogen and oxygen atoms in total. The fraction of sp³-hybridized carbons (Fsp3) is 0.476. The maximum Gasteiger partial charge on any atom is 0.225 e. The van der Waals surface area contributed by atoms with E-state index in [1.54, 1.807) is 21.3 Å². The number of rotatable bonds is 8. The van der Waals surface area contributed by atoms with Gasteiger partial charge in [0.05, 0.1) is 32.6 Å². The Morgan fingerprint density at radius 1 is 1.24 bits per heavy atom. The number of aliphatic imine (C=N–C) groups is 3. The molecule has 1 aliphatic heterocycles. The molecule has 1 aromatic carbocycles. The molecule has 3 N–H and O–H groups in total. The molecule has 0 radical (unpaired) electrons. The van der Waals surface area contributed by atoms with Crippen molar-refractivity contribution >= 4 is 17.5 Å². The number of nitrogens with one attached hydrogen (secondary N) is 2. The molecule has 0 saturated carbocycles. The second kappa shape index (κ2) is 11.2. The van der Waals surface area contributed by atoms with E-state index in [2.05, 4.69) is 32.5 Å². The molecule has 0 aromatic heterocycles. The van der Waals surface area contributed by atoms with E-state index in [4.69, 9.17) is 9.47 Å². The van der Waals surface area contributed by atoms with E-state index in [9.17, 15) is 5.11 Å². The van der Waals surface area contributed by atoms with Crippen molar-refractivity contribution < 1.29 is 14.6 Å². The van der Waals surface area contributed by atoms with Crippen LogP contribution in [0, 0.1) is 0 Å². The lowest BCUT2D eigenvalue weighted by molar-refractivity contribution is 0.249. The van der Waals surface area contributed by atoms with Crippen LogP contribution in [0.15, 0.2) is 44.9 Å². The number of benzene rings is 1. The highest BCUT2D eigenvalue weighted by molar-refractivity contribution is 6.49. The molecule has 0 fully saturated rings. The van der Waals surface area contributed by atoms with E-state index < -0.39 is 0 Å². The van der Waals surface area contributed by atoms with Gasteiger partial charge >= 0.3 is 0 Å². The number of guanidine groups is 1. The van der Waals surface area contributed by atoms with E-state index in [1.165, 1.54) is 0 Å². The van der Waals surface area contributed by atoms with Gasteiger partial charge < -0.3 is 25.2 Å². The Hall–Kier alpha value is -2.87. The van der Waals surface area contributed by atoms with Gasteiger partial charge in [-0.15, -0.1) is 0 Å². The highest BCUT2D eigenvalue weighted by Gasteiger charge is 2.22. The first-order chi connectivity index (χ1) is 14.1. The second-order valence-electron chi connectivity index (χ2n) is 6.49. The molecular formula is C21H31N5O3. The molecule has 2 rings (SSSR count). The van der Waals surface area contributed by atoms with Gasteiger partial charge in [0.2, 0.25) is 5.96 Å². The number of amidine groups is 1. The molecule has 0 amide bonds. The van der Waals surface area contributed by atoms with Crippen LogP contribution in [0.4, 0.5) is 0 Å². The monoisotopic (exact) mass is 401 g/mol. The molecule has 0 saturated heterocycles. The average molecular weight is 402 g/mol. The predicted octanol–water partition coefficient (Wildman–Crippen LogP) is 2.29. The summed E-state index contributed by atoms with van der Waals surface area (Å²) in [5, 5.41) is 16.2. The molecule has 0 unspecified atom stereocenters. The smallest absolute Gasteiger partial charge is 0.225 e. The van der Waals surface area contributed by atoms with Crippen LogP contribution in [0.5, 0.6) is 11.5 Å². The van der Waals surface area contributed by atoms with Gasteiger partial charge in [0.1, 0.15) is 17.2 Å². The van der Waals surface area contributed by atoms with Gasteiger partial charge in [-0.2, -0.15) is 4.99 Å². The van der Waals surface area contributed by atoms with Crippen molar-refractivity contribution in [2.24, 2.45) is 15.0 Å². The number of methoxy groups -OCH3 is 2. The molecule has 158 valence electrons. The van der Waals surface area contributed by atoms with Gasteiger partial charge in [0.15, 0.2) is 5.84 Å². The maximum atomic E-state index is 9.65. The molecule has 1 aliphatic rings. The Kier molecular flexibility index (Phi) is 8.67. The molecular weight excluding hydrogens is 370 g/mol. The van der Waals surface area contributed by atoms with Gasteiger partial charge in [0.25, 0.3) is 0 Å². The number of allylic oxidation sites excluding steroid dienone is 1. The summed E-state index contributed by atoms with van der Waals surface area (Å²) in [5.41, 5.74) is 2.36. The summed E-state index contributed by atoms with van der Waals surface area (Å²) < 4.78 is 10.7. The summed E-state index contributed by atoms with van der Waals surface area (Å²) in [5.74, 6) is 2.53. The van der Waals surface area contributed by atoms with Crippen molar-refractivity contribution in [3.05, 3.63) is 35.5 Å². The van der Waals surface area contributed by atoms with Crippen LogP contribution in [0.2, 0.25) is 0 Å². The van der Waals surface area contributed by atoms with Crippen molar-refractivity contribution in [2.45, 2.75) is 39.3 Å². The van der Waals surface area contributed by atoms with E-state index in [1.807, 2.05) is 31.2 Å². The fourth-order valence-electron chi connectivity index (χ4n) is 3.00. The molecule has 1 heterocycles. The molecule has 1 atom stereocenters. The fourth-order valence-corrected chi connectivity index (χ4v) is 3.00. The SMILES string of the molecule is C/C=C1\N=C(NCc2ccc(OC)cc2OC)N=C(N[C@H](CO)CCC)\C1=N\C. The first kappa shape index (κ1) is 22.4. The molecule has 1 aromatic rings. The van der Waals surface area contributed by atoms with E-state index in [0.29, 0.717) is 24.1 Å². The number of aliphatic hydroxyl groups is 1. The van der Waals surface area contributed by atoms with Crippen molar-refractivity contribution in [3.8, 4) is 11.5 Å². The Morgan fingerprint density at radius 3 is 2.62 bits per heavy atom. The van der Waals surface area contributed by atoms with Gasteiger partial charge in [-0.3, -0.25) is 4.99 Å². The summed E-state index contributed by atoms with van der Waals surface area (Å²) in [4.78, 5) is 13.5. The molecule has 29 heavy (non-hydrogen) atoms. The Labute approximate surface area is 172 Å². The number of ether oxygens (including phenoxy) is 2. The van der Waals surface area contributed by atoms with Gasteiger partial charge in [-0.1, -0.05) is 19.4 Å². The van der Waals surface area contributed by atoms with E-state index >= 15 is 0 Å². The summed E-state index contributed by atoms with van der Waals surface area (Å²) in [6.45, 7) is 4.50. The van der Waals surface area contributed by atoms with Gasteiger partial charge in [-0.25, -0.2) is 4.99 Å². The van der Waals surface area contributed by atoms with Crippen LogP contribution in [0.3, 0.4) is 0 Å². The van der Waals surface area contributed by atoms with Crippen LogP contribution in [0.1, 0.15) is 32.3 Å². The van der Waals surface area contributed by atoms with Crippen LogP contribution < -0.4 is 20.1 Å². The third-order valence-electron chi connectivity index (χ3n) is 4.54. The Bertz CT molecular complexity index is 815. The third kappa shape index (κ3) is 5.80. The first-order valence-electron chi connectivity index (χ1n) is 9.73. The Morgan fingerprint density at radius 2 is 2.03 bits per heavy atom. The maximum absolute atomic E-state index is 9.65. The lowest BCUT2D eigenvalue weighted by Crippen LogP contribution is -2.44. The van der Waals surface area contributed by atoms with Gasteiger partial charge in [0, 0.05) is 25.2 Å². The van der Waals surface area contributed by atoms with E-state index in [0.717, 1.165) is 35.6 Å². The molecule has 8 heteroatoms. The van der Waals surface area contributed by atoms with Crippen molar-refractivity contribution in [3.63, 3.8) is 0 Å². The predicted molar refractivity (Wildman–Crippen MR) is 117 cm³/mol. The second-order valence-corrected chi connectivity index (χ2v) is 6.49. The number of hydrogen-bond donors (Lipinski definition) is 3. The number of hydrogen-bond acceptors (Lipinski definition) is 8. The Balaban J connectivity index is 2.23.